The smallest absolute Gasteiger partial charge is 0.265 e. The van der Waals surface area contributed by atoms with Gasteiger partial charge in [0.05, 0.1) is 11.6 Å². The Morgan fingerprint density at radius 1 is 1.04 bits per heavy atom. The number of furan rings is 1. The lowest BCUT2D eigenvalue weighted by Crippen LogP contribution is -2.30. The summed E-state index contributed by atoms with van der Waals surface area (Å²) in [7, 11) is 1.59. The molecule has 0 radical (unpaired) electrons. The first-order chi connectivity index (χ1) is 13.6. The third-order valence-electron chi connectivity index (χ3n) is 4.72. The van der Waals surface area contributed by atoms with E-state index < -0.39 is 0 Å². The minimum Gasteiger partial charge on any atom is -0.442 e. The van der Waals surface area contributed by atoms with Gasteiger partial charge in [-0.3, -0.25) is 9.59 Å². The summed E-state index contributed by atoms with van der Waals surface area (Å²) in [5, 5.41) is 3.25. The molecule has 1 N–H and O–H groups in total. The van der Waals surface area contributed by atoms with E-state index in [1.54, 1.807) is 14.0 Å². The lowest BCUT2D eigenvalue weighted by molar-refractivity contribution is 0.0943. The van der Waals surface area contributed by atoms with Gasteiger partial charge in [0.2, 0.25) is 5.71 Å². The van der Waals surface area contributed by atoms with Crippen molar-refractivity contribution in [3.8, 4) is 0 Å². The number of aryl methyl sites for hydroxylation is 2. The lowest BCUT2D eigenvalue weighted by atomic mass is 9.98. The summed E-state index contributed by atoms with van der Waals surface area (Å²) in [6.45, 7) is 1.66. The molecule has 0 aliphatic heterocycles. The zero-order chi connectivity index (χ0) is 19.7. The second kappa shape index (κ2) is 7.15. The highest BCUT2D eigenvalue weighted by Gasteiger charge is 2.25. The van der Waals surface area contributed by atoms with E-state index in [0.29, 0.717) is 5.76 Å². The lowest BCUT2D eigenvalue weighted by Gasteiger charge is -2.20. The van der Waals surface area contributed by atoms with Crippen molar-refractivity contribution < 1.29 is 9.21 Å². The SMILES string of the molecule is Cc1oc2ncn(C)c(=O)c2c1C(=O)NC(c1ccccc1)c1ccccc1. The van der Waals surface area contributed by atoms with Gasteiger partial charge in [-0.05, 0) is 18.1 Å². The van der Waals surface area contributed by atoms with E-state index in [0.717, 1.165) is 11.1 Å². The second-order valence-electron chi connectivity index (χ2n) is 6.60. The maximum absolute atomic E-state index is 13.2. The molecule has 6 nitrogen and oxygen atoms in total. The number of rotatable bonds is 4. The van der Waals surface area contributed by atoms with Crippen LogP contribution < -0.4 is 10.9 Å². The van der Waals surface area contributed by atoms with Crippen molar-refractivity contribution in [2.75, 3.05) is 0 Å². The number of carbonyl (C=O) groups excluding carboxylic acids is 1. The molecule has 140 valence electrons. The van der Waals surface area contributed by atoms with E-state index in [1.165, 1.54) is 10.9 Å². The van der Waals surface area contributed by atoms with E-state index in [2.05, 4.69) is 10.3 Å². The summed E-state index contributed by atoms with van der Waals surface area (Å²) < 4.78 is 6.90. The van der Waals surface area contributed by atoms with Crippen LogP contribution >= 0.6 is 0 Å². The Bertz CT molecular complexity index is 1150. The highest BCUT2D eigenvalue weighted by molar-refractivity contribution is 6.06. The third kappa shape index (κ3) is 3.09. The predicted octanol–water partition coefficient (Wildman–Crippen LogP) is 3.35. The number of nitrogens with one attached hydrogen (secondary N) is 1. The molecule has 0 saturated carbocycles. The molecule has 0 bridgehead atoms. The van der Waals surface area contributed by atoms with Crippen molar-refractivity contribution in [2.24, 2.45) is 7.05 Å². The van der Waals surface area contributed by atoms with Gasteiger partial charge in [0.1, 0.15) is 17.5 Å². The molecule has 4 rings (SSSR count). The van der Waals surface area contributed by atoms with Crippen LogP contribution in [0.15, 0.2) is 76.2 Å². The number of nitrogens with zero attached hydrogens (tertiary/aromatic N) is 2. The fourth-order valence-corrected chi connectivity index (χ4v) is 3.31. The molecule has 0 saturated heterocycles. The Morgan fingerprint density at radius 3 is 2.18 bits per heavy atom. The maximum Gasteiger partial charge on any atom is 0.265 e. The molecular weight excluding hydrogens is 354 g/mol. The summed E-state index contributed by atoms with van der Waals surface area (Å²) in [5.41, 5.74) is 1.96. The van der Waals surface area contributed by atoms with Gasteiger partial charge in [-0.1, -0.05) is 60.7 Å². The number of carbonyl (C=O) groups is 1. The summed E-state index contributed by atoms with van der Waals surface area (Å²) in [6.07, 6.45) is 1.38. The van der Waals surface area contributed by atoms with Crippen LogP contribution in [0, 0.1) is 6.92 Å². The first kappa shape index (κ1) is 17.7. The zero-order valence-corrected chi connectivity index (χ0v) is 15.5. The fourth-order valence-electron chi connectivity index (χ4n) is 3.31. The molecule has 2 aromatic heterocycles. The summed E-state index contributed by atoms with van der Waals surface area (Å²) in [6, 6.07) is 19.0. The zero-order valence-electron chi connectivity index (χ0n) is 15.5. The highest BCUT2D eigenvalue weighted by Crippen LogP contribution is 2.25. The van der Waals surface area contributed by atoms with Crippen LogP contribution in [-0.2, 0) is 7.05 Å². The van der Waals surface area contributed by atoms with Crippen molar-refractivity contribution in [3.05, 3.63) is 99.8 Å². The summed E-state index contributed by atoms with van der Waals surface area (Å²) in [5.74, 6) is -0.0118. The van der Waals surface area contributed by atoms with Gasteiger partial charge < -0.3 is 14.3 Å². The standard InChI is InChI=1S/C22H19N3O3/c1-14-17(18-21(28-14)23-13-25(2)22(18)27)20(26)24-19(15-9-5-3-6-10-15)16-11-7-4-8-12-16/h3-13,19H,1-2H3,(H,24,26). The first-order valence-electron chi connectivity index (χ1n) is 8.91. The van der Waals surface area contributed by atoms with E-state index in [4.69, 9.17) is 4.42 Å². The van der Waals surface area contributed by atoms with Crippen LogP contribution in [0.3, 0.4) is 0 Å². The summed E-state index contributed by atoms with van der Waals surface area (Å²) >= 11 is 0. The first-order valence-corrected chi connectivity index (χ1v) is 8.91. The molecule has 0 unspecified atom stereocenters. The van der Waals surface area contributed by atoms with Crippen LogP contribution in [0.4, 0.5) is 0 Å². The quantitative estimate of drug-likeness (QED) is 0.595. The van der Waals surface area contributed by atoms with Crippen molar-refractivity contribution in [2.45, 2.75) is 13.0 Å². The molecule has 6 heteroatoms. The second-order valence-corrected chi connectivity index (χ2v) is 6.60. The normalized spacial score (nSPS) is 11.1. The Morgan fingerprint density at radius 2 is 1.61 bits per heavy atom. The topological polar surface area (TPSA) is 77.1 Å². The third-order valence-corrected chi connectivity index (χ3v) is 4.72. The minimum absolute atomic E-state index is 0.168. The van der Waals surface area contributed by atoms with Crippen LogP contribution in [0.5, 0.6) is 0 Å². The molecule has 0 fully saturated rings. The Balaban J connectivity index is 1.80. The van der Waals surface area contributed by atoms with Gasteiger partial charge >= 0.3 is 0 Å². The van der Waals surface area contributed by atoms with Crippen LogP contribution in [-0.4, -0.2) is 15.5 Å². The molecule has 4 aromatic rings. The Hall–Kier alpha value is -3.67. The molecule has 28 heavy (non-hydrogen) atoms. The highest BCUT2D eigenvalue weighted by atomic mass is 16.3. The predicted molar refractivity (Wildman–Crippen MR) is 106 cm³/mol. The van der Waals surface area contributed by atoms with E-state index >= 15 is 0 Å². The number of hydrogen-bond acceptors (Lipinski definition) is 4. The average molecular weight is 373 g/mol. The molecule has 0 aliphatic rings. The maximum atomic E-state index is 13.2. The van der Waals surface area contributed by atoms with Gasteiger partial charge in [-0.2, -0.15) is 0 Å². The largest absolute Gasteiger partial charge is 0.442 e. The Kier molecular flexibility index (Phi) is 4.53. The van der Waals surface area contributed by atoms with Crippen molar-refractivity contribution in [3.63, 3.8) is 0 Å². The van der Waals surface area contributed by atoms with Gasteiger partial charge in [0.25, 0.3) is 11.5 Å². The minimum atomic E-state index is -0.376. The molecule has 1 amide bonds. The van der Waals surface area contributed by atoms with E-state index in [-0.39, 0.29) is 34.2 Å². The average Bonchev–Trinajstić information content (AvgIpc) is 3.07. The summed E-state index contributed by atoms with van der Waals surface area (Å²) in [4.78, 5) is 29.9. The number of benzene rings is 2. The molecule has 0 spiro atoms. The van der Waals surface area contributed by atoms with Gasteiger partial charge in [-0.15, -0.1) is 0 Å². The molecule has 2 aromatic carbocycles. The van der Waals surface area contributed by atoms with E-state index in [1.807, 2.05) is 60.7 Å². The Labute approximate surface area is 161 Å². The number of hydrogen-bond donors (Lipinski definition) is 1. The van der Waals surface area contributed by atoms with Gasteiger partial charge in [-0.25, -0.2) is 4.98 Å². The van der Waals surface area contributed by atoms with Crippen molar-refractivity contribution in [1.82, 2.24) is 14.9 Å². The van der Waals surface area contributed by atoms with E-state index in [9.17, 15) is 9.59 Å². The van der Waals surface area contributed by atoms with Gasteiger partial charge in [0.15, 0.2) is 0 Å². The number of aromatic nitrogens is 2. The van der Waals surface area contributed by atoms with Gasteiger partial charge in [0, 0.05) is 7.05 Å². The monoisotopic (exact) mass is 373 g/mol. The number of amides is 1. The molecular formula is C22H19N3O3. The fraction of sp³-hybridized carbons (Fsp3) is 0.136. The molecule has 2 heterocycles. The molecule has 0 aliphatic carbocycles. The van der Waals surface area contributed by atoms with Crippen LogP contribution in [0.2, 0.25) is 0 Å². The number of fused-ring (bicyclic) bond motifs is 1. The molecule has 0 atom stereocenters. The van der Waals surface area contributed by atoms with Crippen LogP contribution in [0.25, 0.3) is 11.1 Å². The van der Waals surface area contributed by atoms with Crippen molar-refractivity contribution in [1.29, 1.82) is 0 Å². The van der Waals surface area contributed by atoms with Crippen LogP contribution in [0.1, 0.15) is 33.3 Å². The van der Waals surface area contributed by atoms with Crippen molar-refractivity contribution >= 4 is 17.0 Å².